The van der Waals surface area contributed by atoms with E-state index in [2.05, 4.69) is 4.90 Å². The van der Waals surface area contributed by atoms with Gasteiger partial charge >= 0.3 is 0 Å². The third-order valence-electron chi connectivity index (χ3n) is 5.13. The number of rotatable bonds is 0. The van der Waals surface area contributed by atoms with Crippen LogP contribution < -0.4 is 9.47 Å². The van der Waals surface area contributed by atoms with Gasteiger partial charge in [-0.15, -0.1) is 0 Å². The maximum atomic E-state index is 12.1. The van der Waals surface area contributed by atoms with Crippen LogP contribution in [-0.2, 0) is 11.3 Å². The fourth-order valence-electron chi connectivity index (χ4n) is 4.21. The number of aliphatic hydroxyl groups is 1. The van der Waals surface area contributed by atoms with Gasteiger partial charge in [0.25, 0.3) is 0 Å². The Kier molecular flexibility index (Phi) is 2.17. The van der Waals surface area contributed by atoms with Crippen molar-refractivity contribution in [1.82, 2.24) is 4.90 Å². The molecular weight excluding hydrogens is 270 g/mol. The average Bonchev–Trinajstić information content (AvgIpc) is 3.08. The molecule has 21 heavy (non-hydrogen) atoms. The minimum absolute atomic E-state index is 0.158. The van der Waals surface area contributed by atoms with Crippen LogP contribution >= 0.6 is 0 Å². The second-order valence-electron chi connectivity index (χ2n) is 6.16. The highest BCUT2D eigenvalue weighted by atomic mass is 16.7. The molecular formula is C16H15NO4. The first-order valence-corrected chi connectivity index (χ1v) is 7.31. The van der Waals surface area contributed by atoms with E-state index in [1.54, 1.807) is 6.08 Å². The molecule has 0 bridgehead atoms. The van der Waals surface area contributed by atoms with E-state index in [1.165, 1.54) is 5.57 Å². The maximum Gasteiger partial charge on any atom is 0.231 e. The summed E-state index contributed by atoms with van der Waals surface area (Å²) in [6.45, 7) is 2.02. The van der Waals surface area contributed by atoms with Gasteiger partial charge in [-0.2, -0.15) is 0 Å². The van der Waals surface area contributed by atoms with Crippen molar-refractivity contribution in [3.05, 3.63) is 34.9 Å². The molecule has 0 radical (unpaired) electrons. The molecule has 3 atom stereocenters. The Morgan fingerprint density at radius 3 is 2.90 bits per heavy atom. The molecule has 5 nitrogen and oxygen atoms in total. The molecule has 1 N–H and O–H groups in total. The lowest BCUT2D eigenvalue weighted by atomic mass is 9.73. The predicted octanol–water partition coefficient (Wildman–Crippen LogP) is 0.957. The van der Waals surface area contributed by atoms with E-state index in [9.17, 15) is 9.90 Å². The molecule has 3 aliphatic heterocycles. The summed E-state index contributed by atoms with van der Waals surface area (Å²) in [4.78, 5) is 14.4. The van der Waals surface area contributed by atoms with Crippen LogP contribution in [0.15, 0.2) is 23.8 Å². The number of carbonyl (C=O) groups is 1. The first-order chi connectivity index (χ1) is 10.2. The maximum absolute atomic E-state index is 12.1. The Morgan fingerprint density at radius 2 is 2.05 bits per heavy atom. The van der Waals surface area contributed by atoms with Crippen LogP contribution in [0.25, 0.3) is 0 Å². The summed E-state index contributed by atoms with van der Waals surface area (Å²) in [5.41, 5.74) is 3.34. The van der Waals surface area contributed by atoms with Crippen molar-refractivity contribution < 1.29 is 19.4 Å². The minimum atomic E-state index is -0.959. The van der Waals surface area contributed by atoms with E-state index >= 15 is 0 Å². The molecule has 1 fully saturated rings. The number of carbonyl (C=O) groups excluding carboxylic acids is 1. The first kappa shape index (κ1) is 11.8. The van der Waals surface area contributed by atoms with Crippen molar-refractivity contribution >= 4 is 5.78 Å². The zero-order valence-corrected chi connectivity index (χ0v) is 11.4. The monoisotopic (exact) mass is 285 g/mol. The summed E-state index contributed by atoms with van der Waals surface area (Å²) in [5, 5.41) is 10.4. The highest BCUT2D eigenvalue weighted by Gasteiger charge is 2.48. The molecule has 5 heteroatoms. The van der Waals surface area contributed by atoms with Crippen LogP contribution in [0.5, 0.6) is 11.5 Å². The number of aliphatic hydroxyl groups excluding tert-OH is 1. The lowest BCUT2D eigenvalue weighted by molar-refractivity contribution is -0.125. The van der Waals surface area contributed by atoms with E-state index < -0.39 is 6.10 Å². The standard InChI is InChI=1S/C16H15NO4/c18-11-3-8-1-2-17-6-9-4-12-13(21-7-20-12)5-10(9)14(15(8)17)16(11)19/h3-5,14-16,19H,1-2,6-7H2/t14-,15+,16+/m0/s1. The first-order valence-electron chi connectivity index (χ1n) is 7.31. The van der Waals surface area contributed by atoms with Gasteiger partial charge in [0.2, 0.25) is 6.79 Å². The molecule has 1 aliphatic carbocycles. The van der Waals surface area contributed by atoms with Crippen molar-refractivity contribution in [2.24, 2.45) is 0 Å². The van der Waals surface area contributed by atoms with Gasteiger partial charge in [-0.05, 0) is 41.3 Å². The van der Waals surface area contributed by atoms with Crippen LogP contribution in [0.2, 0.25) is 0 Å². The SMILES string of the molecule is O=C1C=C2CCN3Cc4cc5c(cc4[C@H]([C@@H]1O)[C@@H]23)OCO5. The number of fused-ring (bicyclic) bond motifs is 3. The molecule has 0 saturated carbocycles. The normalized spacial score (nSPS) is 32.7. The quantitative estimate of drug-likeness (QED) is 0.769. The highest BCUT2D eigenvalue weighted by molar-refractivity contribution is 5.96. The van der Waals surface area contributed by atoms with Crippen LogP contribution in [-0.4, -0.2) is 41.3 Å². The summed E-state index contributed by atoms with van der Waals surface area (Å²) in [5.74, 6) is 1.13. The molecule has 3 heterocycles. The summed E-state index contributed by atoms with van der Waals surface area (Å²) < 4.78 is 10.9. The molecule has 1 aromatic carbocycles. The van der Waals surface area contributed by atoms with Gasteiger partial charge in [0.05, 0.1) is 0 Å². The van der Waals surface area contributed by atoms with Gasteiger partial charge in [-0.1, -0.05) is 0 Å². The third-order valence-corrected chi connectivity index (χ3v) is 5.13. The molecule has 1 saturated heterocycles. The van der Waals surface area contributed by atoms with Crippen LogP contribution in [0.3, 0.4) is 0 Å². The number of ether oxygens (including phenoxy) is 2. The Bertz CT molecular complexity index is 696. The summed E-state index contributed by atoms with van der Waals surface area (Å²) in [6, 6.07) is 4.12. The lowest BCUT2D eigenvalue weighted by Gasteiger charge is -2.42. The number of ketones is 1. The van der Waals surface area contributed by atoms with Gasteiger partial charge in [-0.25, -0.2) is 0 Å². The fourth-order valence-corrected chi connectivity index (χ4v) is 4.21. The smallest absolute Gasteiger partial charge is 0.231 e. The van der Waals surface area contributed by atoms with Crippen molar-refractivity contribution in [3.8, 4) is 11.5 Å². The topological polar surface area (TPSA) is 59.0 Å². The molecule has 4 aliphatic rings. The number of hydrogen-bond acceptors (Lipinski definition) is 5. The molecule has 5 rings (SSSR count). The summed E-state index contributed by atoms with van der Waals surface area (Å²) >= 11 is 0. The zero-order valence-electron chi connectivity index (χ0n) is 11.4. The van der Waals surface area contributed by atoms with Crippen LogP contribution in [0.4, 0.5) is 0 Å². The average molecular weight is 285 g/mol. The van der Waals surface area contributed by atoms with E-state index in [-0.39, 0.29) is 24.5 Å². The second-order valence-corrected chi connectivity index (χ2v) is 6.16. The predicted molar refractivity (Wildman–Crippen MR) is 73.2 cm³/mol. The lowest BCUT2D eigenvalue weighted by Crippen LogP contribution is -2.48. The van der Waals surface area contributed by atoms with E-state index in [1.807, 2.05) is 12.1 Å². The van der Waals surface area contributed by atoms with Gasteiger partial charge in [0.15, 0.2) is 17.3 Å². The number of nitrogens with zero attached hydrogens (tertiary/aromatic N) is 1. The zero-order chi connectivity index (χ0) is 14.1. The van der Waals surface area contributed by atoms with Gasteiger partial charge < -0.3 is 14.6 Å². The van der Waals surface area contributed by atoms with Gasteiger partial charge in [0.1, 0.15) is 6.10 Å². The van der Waals surface area contributed by atoms with Gasteiger partial charge in [-0.3, -0.25) is 9.69 Å². The number of hydrogen-bond donors (Lipinski definition) is 1. The Labute approximate surface area is 121 Å². The molecule has 108 valence electrons. The molecule has 0 aromatic heterocycles. The van der Waals surface area contributed by atoms with Gasteiger partial charge in [0, 0.05) is 25.0 Å². The molecule has 0 spiro atoms. The van der Waals surface area contributed by atoms with Crippen molar-refractivity contribution in [2.75, 3.05) is 13.3 Å². The van der Waals surface area contributed by atoms with Crippen molar-refractivity contribution in [3.63, 3.8) is 0 Å². The second kappa shape index (κ2) is 3.87. The van der Waals surface area contributed by atoms with E-state index in [4.69, 9.17) is 9.47 Å². The summed E-state index contributed by atoms with van der Waals surface area (Å²) in [6.07, 6.45) is 1.61. The molecule has 0 amide bonds. The van der Waals surface area contributed by atoms with Crippen molar-refractivity contribution in [2.45, 2.75) is 31.0 Å². The van der Waals surface area contributed by atoms with Crippen LogP contribution in [0, 0.1) is 0 Å². The minimum Gasteiger partial charge on any atom is -0.454 e. The Morgan fingerprint density at radius 1 is 1.24 bits per heavy atom. The van der Waals surface area contributed by atoms with Crippen LogP contribution in [0.1, 0.15) is 23.5 Å². The molecule has 0 unspecified atom stereocenters. The van der Waals surface area contributed by atoms with E-state index in [0.717, 1.165) is 42.1 Å². The molecule has 1 aromatic rings. The Hall–Kier alpha value is -1.85. The fraction of sp³-hybridized carbons (Fsp3) is 0.438. The van der Waals surface area contributed by atoms with Crippen molar-refractivity contribution in [1.29, 1.82) is 0 Å². The third kappa shape index (κ3) is 1.45. The highest BCUT2D eigenvalue weighted by Crippen LogP contribution is 2.48. The Balaban J connectivity index is 1.72. The number of benzene rings is 1. The largest absolute Gasteiger partial charge is 0.454 e. The van der Waals surface area contributed by atoms with E-state index in [0.29, 0.717) is 0 Å². The summed E-state index contributed by atoms with van der Waals surface area (Å²) in [7, 11) is 0.